The van der Waals surface area contributed by atoms with Gasteiger partial charge in [-0.15, -0.1) is 0 Å². The Morgan fingerprint density at radius 2 is 1.36 bits per heavy atom. The normalized spacial score (nSPS) is 68.0. The summed E-state index contributed by atoms with van der Waals surface area (Å²) in [5.41, 5.74) is 0. The third-order valence-electron chi connectivity index (χ3n) is 4.49. The van der Waals surface area contributed by atoms with Crippen molar-refractivity contribution >= 4 is 11.6 Å². The highest BCUT2D eigenvalue weighted by molar-refractivity contribution is 6.06. The molecule has 6 atom stereocenters. The van der Waals surface area contributed by atoms with Gasteiger partial charge in [-0.1, -0.05) is 0 Å². The molecule has 0 spiro atoms. The second-order valence-electron chi connectivity index (χ2n) is 4.46. The van der Waals surface area contributed by atoms with E-state index in [1.807, 2.05) is 0 Å². The van der Waals surface area contributed by atoms with Gasteiger partial charge in [0.15, 0.2) is 0 Å². The Labute approximate surface area is 64.0 Å². The lowest BCUT2D eigenvalue weighted by Crippen LogP contribution is -2.69. The van der Waals surface area contributed by atoms with Crippen LogP contribution in [0.15, 0.2) is 0 Å². The Kier molecular flexibility index (Phi) is 0.505. The molecular weight excluding hydrogens is 140 g/mol. The standard InChI is InChI=1S/C9H8O2/c10-8-2-1-3-5-4(2)6(8)7(5)9(3)11/h2-7H,1H2. The summed E-state index contributed by atoms with van der Waals surface area (Å²) in [6.45, 7) is 0. The van der Waals surface area contributed by atoms with Gasteiger partial charge in [-0.3, -0.25) is 9.59 Å². The number of ketones is 2. The van der Waals surface area contributed by atoms with Crippen molar-refractivity contribution in [1.29, 1.82) is 0 Å². The lowest BCUT2D eigenvalue weighted by atomic mass is 9.38. The van der Waals surface area contributed by atoms with E-state index in [0.717, 1.165) is 6.42 Å². The monoisotopic (exact) mass is 148 g/mol. The molecule has 0 amide bonds. The summed E-state index contributed by atoms with van der Waals surface area (Å²) in [7, 11) is 0. The van der Waals surface area contributed by atoms with E-state index in [9.17, 15) is 9.59 Å². The van der Waals surface area contributed by atoms with Gasteiger partial charge in [-0.2, -0.15) is 0 Å². The lowest BCUT2D eigenvalue weighted by Gasteiger charge is -2.62. The van der Waals surface area contributed by atoms with E-state index in [2.05, 4.69) is 0 Å². The first kappa shape index (κ1) is 5.07. The molecule has 56 valence electrons. The van der Waals surface area contributed by atoms with Crippen LogP contribution in [0.5, 0.6) is 0 Å². The van der Waals surface area contributed by atoms with Gasteiger partial charge >= 0.3 is 0 Å². The molecule has 4 aliphatic carbocycles. The third-order valence-corrected chi connectivity index (χ3v) is 4.49. The van der Waals surface area contributed by atoms with E-state index in [1.165, 1.54) is 0 Å². The van der Waals surface area contributed by atoms with Crippen LogP contribution in [0.2, 0.25) is 0 Å². The van der Waals surface area contributed by atoms with Crippen LogP contribution in [0.3, 0.4) is 0 Å². The number of hydrogen-bond donors (Lipinski definition) is 0. The first-order valence-corrected chi connectivity index (χ1v) is 4.38. The molecule has 2 heteroatoms. The summed E-state index contributed by atoms with van der Waals surface area (Å²) in [4.78, 5) is 22.6. The number of fused-ring (bicyclic) bond motifs is 1. The maximum Gasteiger partial charge on any atom is 0.140 e. The fraction of sp³-hybridized carbons (Fsp3) is 0.778. The lowest BCUT2D eigenvalue weighted by molar-refractivity contribution is -0.191. The van der Waals surface area contributed by atoms with Gasteiger partial charge in [0.2, 0.25) is 0 Å². The average molecular weight is 148 g/mol. The molecule has 0 radical (unpaired) electrons. The van der Waals surface area contributed by atoms with Gasteiger partial charge in [-0.25, -0.2) is 0 Å². The number of carbonyl (C=O) groups is 2. The number of carbonyl (C=O) groups excluding carboxylic acids is 2. The highest BCUT2D eigenvalue weighted by Gasteiger charge is 2.80. The predicted molar refractivity (Wildman–Crippen MR) is 35.6 cm³/mol. The molecule has 4 rings (SSSR count). The fourth-order valence-electron chi connectivity index (χ4n) is 4.04. The summed E-state index contributed by atoms with van der Waals surface area (Å²) in [5.74, 6) is 3.29. The minimum absolute atomic E-state index is 0.219. The van der Waals surface area contributed by atoms with Gasteiger partial charge < -0.3 is 0 Å². The summed E-state index contributed by atoms with van der Waals surface area (Å²) in [6.07, 6.45) is 0.917. The zero-order valence-electron chi connectivity index (χ0n) is 5.99. The Hall–Kier alpha value is -0.660. The Morgan fingerprint density at radius 3 is 1.82 bits per heavy atom. The molecule has 0 aromatic carbocycles. The van der Waals surface area contributed by atoms with Crippen LogP contribution in [0, 0.1) is 35.5 Å². The fourth-order valence-corrected chi connectivity index (χ4v) is 4.04. The van der Waals surface area contributed by atoms with E-state index < -0.39 is 0 Å². The van der Waals surface area contributed by atoms with Gasteiger partial charge in [0.25, 0.3) is 0 Å². The summed E-state index contributed by atoms with van der Waals surface area (Å²) < 4.78 is 0. The van der Waals surface area contributed by atoms with E-state index in [-0.39, 0.29) is 11.8 Å². The average Bonchev–Trinajstić information content (AvgIpc) is 2.16. The van der Waals surface area contributed by atoms with Crippen molar-refractivity contribution in [3.8, 4) is 0 Å². The molecule has 11 heavy (non-hydrogen) atoms. The first-order valence-electron chi connectivity index (χ1n) is 4.38. The molecule has 0 aliphatic heterocycles. The topological polar surface area (TPSA) is 34.1 Å². The van der Waals surface area contributed by atoms with Crippen LogP contribution in [0.25, 0.3) is 0 Å². The van der Waals surface area contributed by atoms with Gasteiger partial charge in [0.05, 0.1) is 0 Å². The minimum atomic E-state index is 0.219. The molecular formula is C9H8O2. The van der Waals surface area contributed by atoms with Crippen LogP contribution in [-0.2, 0) is 9.59 Å². The van der Waals surface area contributed by atoms with E-state index >= 15 is 0 Å². The van der Waals surface area contributed by atoms with Crippen molar-refractivity contribution in [2.75, 3.05) is 0 Å². The van der Waals surface area contributed by atoms with Crippen molar-refractivity contribution in [1.82, 2.24) is 0 Å². The van der Waals surface area contributed by atoms with Crippen LogP contribution in [0.4, 0.5) is 0 Å². The van der Waals surface area contributed by atoms with E-state index in [1.54, 1.807) is 0 Å². The molecule has 0 aromatic heterocycles. The second kappa shape index (κ2) is 1.10. The number of Topliss-reactive ketones (excluding diaryl/α,β-unsaturated/α-hetero) is 2. The molecule has 4 aliphatic rings. The molecule has 0 saturated heterocycles. The molecule has 0 bridgehead atoms. The van der Waals surface area contributed by atoms with Crippen molar-refractivity contribution in [2.24, 2.45) is 35.5 Å². The van der Waals surface area contributed by atoms with Gasteiger partial charge in [0, 0.05) is 23.7 Å². The molecule has 0 aromatic rings. The molecule has 2 nitrogen and oxygen atoms in total. The van der Waals surface area contributed by atoms with Gasteiger partial charge in [-0.05, 0) is 18.3 Å². The highest BCUT2D eigenvalue weighted by Crippen LogP contribution is 2.75. The van der Waals surface area contributed by atoms with Gasteiger partial charge in [0.1, 0.15) is 11.6 Å². The SMILES string of the molecule is O=C1C2CC3C(=O)C4C1C2C34. The van der Waals surface area contributed by atoms with Crippen LogP contribution in [-0.4, -0.2) is 11.6 Å². The predicted octanol–water partition coefficient (Wildman–Crippen LogP) is 0.266. The van der Waals surface area contributed by atoms with Crippen molar-refractivity contribution in [2.45, 2.75) is 6.42 Å². The van der Waals surface area contributed by atoms with Crippen LogP contribution < -0.4 is 0 Å². The highest BCUT2D eigenvalue weighted by atomic mass is 16.1. The summed E-state index contributed by atoms with van der Waals surface area (Å²) >= 11 is 0. The minimum Gasteiger partial charge on any atom is -0.299 e. The van der Waals surface area contributed by atoms with Crippen LogP contribution in [0.1, 0.15) is 6.42 Å². The summed E-state index contributed by atoms with van der Waals surface area (Å²) in [6, 6.07) is 0. The Bertz CT molecular complexity index is 277. The Morgan fingerprint density at radius 1 is 0.909 bits per heavy atom. The molecule has 4 fully saturated rings. The van der Waals surface area contributed by atoms with E-state index in [4.69, 9.17) is 0 Å². The van der Waals surface area contributed by atoms with Crippen LogP contribution >= 0.6 is 0 Å². The van der Waals surface area contributed by atoms with Crippen molar-refractivity contribution in [3.05, 3.63) is 0 Å². The number of hydrogen-bond acceptors (Lipinski definition) is 2. The molecule has 4 saturated carbocycles. The van der Waals surface area contributed by atoms with E-state index in [0.29, 0.717) is 35.2 Å². The number of rotatable bonds is 0. The maximum absolute atomic E-state index is 11.3. The third kappa shape index (κ3) is 0.268. The van der Waals surface area contributed by atoms with Crippen molar-refractivity contribution in [3.63, 3.8) is 0 Å². The molecule has 0 heterocycles. The zero-order chi connectivity index (χ0) is 7.33. The summed E-state index contributed by atoms with van der Waals surface area (Å²) in [5, 5.41) is 0. The molecule has 0 N–H and O–H groups in total. The smallest absolute Gasteiger partial charge is 0.140 e. The first-order chi connectivity index (χ1) is 5.30. The second-order valence-corrected chi connectivity index (χ2v) is 4.46. The maximum atomic E-state index is 11.3. The largest absolute Gasteiger partial charge is 0.299 e. The Balaban J connectivity index is 1.92. The van der Waals surface area contributed by atoms with Crippen molar-refractivity contribution < 1.29 is 9.59 Å². The zero-order valence-corrected chi connectivity index (χ0v) is 5.99. The quantitative estimate of drug-likeness (QED) is 0.494. The molecule has 6 unspecified atom stereocenters.